The average Bonchev–Trinajstić information content (AvgIpc) is 3.06. The van der Waals surface area contributed by atoms with Gasteiger partial charge in [0, 0.05) is 25.0 Å². The molecule has 1 saturated carbocycles. The first kappa shape index (κ1) is 14.2. The summed E-state index contributed by atoms with van der Waals surface area (Å²) in [5.41, 5.74) is 0.989. The van der Waals surface area contributed by atoms with Gasteiger partial charge < -0.3 is 10.1 Å². The molecule has 1 N–H and O–H groups in total. The van der Waals surface area contributed by atoms with Crippen molar-refractivity contribution in [1.29, 1.82) is 0 Å². The number of hydrogen-bond acceptors (Lipinski definition) is 2. The van der Waals surface area contributed by atoms with Crippen molar-refractivity contribution >= 4 is 29.1 Å². The molecule has 3 rings (SSSR count). The lowest BCUT2D eigenvalue weighted by Gasteiger charge is -2.10. The van der Waals surface area contributed by atoms with Gasteiger partial charge in [0.25, 0.3) is 0 Å². The number of benzene rings is 1. The van der Waals surface area contributed by atoms with Crippen molar-refractivity contribution in [3.63, 3.8) is 0 Å². The first-order valence-corrected chi connectivity index (χ1v) is 7.71. The molecule has 108 valence electrons. The zero-order valence-corrected chi connectivity index (χ0v) is 12.6. The number of carbonyl (C=O) groups is 1. The van der Waals surface area contributed by atoms with Crippen LogP contribution in [0.25, 0.3) is 0 Å². The van der Waals surface area contributed by atoms with Gasteiger partial charge in [0.1, 0.15) is 0 Å². The molecule has 1 aromatic rings. The molecule has 1 aliphatic carbocycles. The van der Waals surface area contributed by atoms with Gasteiger partial charge in [0.2, 0.25) is 5.91 Å². The molecule has 20 heavy (non-hydrogen) atoms. The fourth-order valence-electron chi connectivity index (χ4n) is 2.76. The number of halogens is 2. The maximum absolute atomic E-state index is 12.1. The fourth-order valence-corrected chi connectivity index (χ4v) is 3.20. The molecule has 3 nitrogen and oxygen atoms in total. The number of hydrogen-bond donors (Lipinski definition) is 1. The molecule has 1 saturated heterocycles. The Kier molecular flexibility index (Phi) is 4.20. The first-order valence-electron chi connectivity index (χ1n) is 6.96. The summed E-state index contributed by atoms with van der Waals surface area (Å²) in [7, 11) is 0. The molecule has 2 aliphatic rings. The van der Waals surface area contributed by atoms with E-state index in [4.69, 9.17) is 27.9 Å². The SMILES string of the molecule is O=C(NCC1CCOC1)C1CC1c1cccc(Cl)c1Cl. The van der Waals surface area contributed by atoms with Crippen LogP contribution in [0.1, 0.15) is 24.3 Å². The molecule has 2 fully saturated rings. The third-order valence-corrected chi connectivity index (χ3v) is 4.93. The topological polar surface area (TPSA) is 38.3 Å². The van der Waals surface area contributed by atoms with Crippen LogP contribution in [0.5, 0.6) is 0 Å². The van der Waals surface area contributed by atoms with Crippen molar-refractivity contribution in [2.45, 2.75) is 18.8 Å². The van der Waals surface area contributed by atoms with Gasteiger partial charge >= 0.3 is 0 Å². The van der Waals surface area contributed by atoms with Crippen molar-refractivity contribution in [1.82, 2.24) is 5.32 Å². The summed E-state index contributed by atoms with van der Waals surface area (Å²) in [4.78, 5) is 12.1. The van der Waals surface area contributed by atoms with Crippen molar-refractivity contribution in [3.05, 3.63) is 33.8 Å². The summed E-state index contributed by atoms with van der Waals surface area (Å²) in [5, 5.41) is 4.16. The Bertz CT molecular complexity index is 515. The van der Waals surface area contributed by atoms with E-state index in [1.165, 1.54) is 0 Å². The fraction of sp³-hybridized carbons (Fsp3) is 0.533. The average molecular weight is 314 g/mol. The lowest BCUT2D eigenvalue weighted by Crippen LogP contribution is -2.31. The number of amides is 1. The third-order valence-electron chi connectivity index (χ3n) is 4.10. The second-order valence-corrected chi connectivity index (χ2v) is 6.35. The monoisotopic (exact) mass is 313 g/mol. The number of rotatable bonds is 4. The van der Waals surface area contributed by atoms with Crippen molar-refractivity contribution in [3.8, 4) is 0 Å². The molecule has 0 spiro atoms. The smallest absolute Gasteiger partial charge is 0.223 e. The highest BCUT2D eigenvalue weighted by atomic mass is 35.5. The quantitative estimate of drug-likeness (QED) is 0.926. The van der Waals surface area contributed by atoms with Gasteiger partial charge in [-0.15, -0.1) is 0 Å². The number of nitrogens with one attached hydrogen (secondary N) is 1. The lowest BCUT2D eigenvalue weighted by atomic mass is 10.1. The van der Waals surface area contributed by atoms with Crippen molar-refractivity contribution in [2.75, 3.05) is 19.8 Å². The number of carbonyl (C=O) groups excluding carboxylic acids is 1. The Balaban J connectivity index is 1.55. The molecule has 5 heteroatoms. The minimum atomic E-state index is 0.0355. The van der Waals surface area contributed by atoms with Crippen LogP contribution in [0.2, 0.25) is 10.0 Å². The van der Waals surface area contributed by atoms with E-state index in [0.29, 0.717) is 22.5 Å². The van der Waals surface area contributed by atoms with Crippen molar-refractivity contribution in [2.24, 2.45) is 11.8 Å². The molecule has 0 radical (unpaired) electrons. The molecule has 3 unspecified atom stereocenters. The molecule has 1 heterocycles. The van der Waals surface area contributed by atoms with Crippen LogP contribution in [0.15, 0.2) is 18.2 Å². The van der Waals surface area contributed by atoms with Gasteiger partial charge in [0.15, 0.2) is 0 Å². The lowest BCUT2D eigenvalue weighted by molar-refractivity contribution is -0.122. The Labute approximate surface area is 128 Å². The molecule has 3 atom stereocenters. The molecule has 1 amide bonds. The summed E-state index contributed by atoms with van der Waals surface area (Å²) in [6.07, 6.45) is 1.89. The Morgan fingerprint density at radius 2 is 2.25 bits per heavy atom. The Morgan fingerprint density at radius 3 is 3.00 bits per heavy atom. The van der Waals surface area contributed by atoms with Crippen LogP contribution in [-0.2, 0) is 9.53 Å². The summed E-state index contributed by atoms with van der Waals surface area (Å²) in [5.74, 6) is 0.832. The minimum Gasteiger partial charge on any atom is -0.381 e. The highest BCUT2D eigenvalue weighted by Crippen LogP contribution is 2.50. The maximum atomic E-state index is 12.1. The molecular weight excluding hydrogens is 297 g/mol. The minimum absolute atomic E-state index is 0.0355. The van der Waals surface area contributed by atoms with Gasteiger partial charge in [-0.1, -0.05) is 35.3 Å². The van der Waals surface area contributed by atoms with Gasteiger partial charge in [0.05, 0.1) is 16.7 Å². The molecule has 1 aromatic carbocycles. The van der Waals surface area contributed by atoms with Crippen molar-refractivity contribution < 1.29 is 9.53 Å². The standard InChI is InChI=1S/C15H17Cl2NO2/c16-13-3-1-2-10(14(13)17)11-6-12(11)15(19)18-7-9-4-5-20-8-9/h1-3,9,11-12H,4-8H2,(H,18,19). The summed E-state index contributed by atoms with van der Waals surface area (Å²) >= 11 is 12.2. The van der Waals surface area contributed by atoms with Crippen LogP contribution in [0, 0.1) is 11.8 Å². The van der Waals surface area contributed by atoms with Gasteiger partial charge in [-0.05, 0) is 30.4 Å². The summed E-state index contributed by atoms with van der Waals surface area (Å²) < 4.78 is 5.30. The van der Waals surface area contributed by atoms with E-state index in [9.17, 15) is 4.79 Å². The van der Waals surface area contributed by atoms with E-state index >= 15 is 0 Å². The highest BCUT2D eigenvalue weighted by Gasteiger charge is 2.45. The predicted octanol–water partition coefficient (Wildman–Crippen LogP) is 3.25. The zero-order chi connectivity index (χ0) is 14.1. The summed E-state index contributed by atoms with van der Waals surface area (Å²) in [6, 6.07) is 5.61. The van der Waals surface area contributed by atoms with E-state index in [1.54, 1.807) is 6.07 Å². The number of ether oxygens (including phenoxy) is 1. The second kappa shape index (κ2) is 5.92. The normalized spacial score (nSPS) is 28.4. The van der Waals surface area contributed by atoms with Gasteiger partial charge in [-0.25, -0.2) is 0 Å². The van der Waals surface area contributed by atoms with E-state index in [-0.39, 0.29) is 17.7 Å². The first-order chi connectivity index (χ1) is 9.66. The zero-order valence-electron chi connectivity index (χ0n) is 11.1. The summed E-state index contributed by atoms with van der Waals surface area (Å²) in [6.45, 7) is 2.28. The van der Waals surface area contributed by atoms with E-state index in [1.807, 2.05) is 12.1 Å². The highest BCUT2D eigenvalue weighted by molar-refractivity contribution is 6.42. The van der Waals surface area contributed by atoms with E-state index < -0.39 is 0 Å². The van der Waals surface area contributed by atoms with Gasteiger partial charge in [-0.2, -0.15) is 0 Å². The third kappa shape index (κ3) is 2.95. The molecular formula is C15H17Cl2NO2. The Morgan fingerprint density at radius 1 is 1.40 bits per heavy atom. The van der Waals surface area contributed by atoms with Crippen LogP contribution in [0.4, 0.5) is 0 Å². The van der Waals surface area contributed by atoms with Crippen LogP contribution in [0.3, 0.4) is 0 Å². The van der Waals surface area contributed by atoms with E-state index in [2.05, 4.69) is 5.32 Å². The molecule has 1 aliphatic heterocycles. The molecule has 0 aromatic heterocycles. The molecule has 0 bridgehead atoms. The predicted molar refractivity (Wildman–Crippen MR) is 79.2 cm³/mol. The van der Waals surface area contributed by atoms with E-state index in [0.717, 1.165) is 31.6 Å². The maximum Gasteiger partial charge on any atom is 0.223 e. The largest absolute Gasteiger partial charge is 0.381 e. The Hall–Kier alpha value is -0.770. The van der Waals surface area contributed by atoms with Crippen LogP contribution < -0.4 is 5.32 Å². The van der Waals surface area contributed by atoms with Gasteiger partial charge in [-0.3, -0.25) is 4.79 Å². The van der Waals surface area contributed by atoms with Crippen LogP contribution in [-0.4, -0.2) is 25.7 Å². The van der Waals surface area contributed by atoms with Crippen LogP contribution >= 0.6 is 23.2 Å². The second-order valence-electron chi connectivity index (χ2n) is 5.57.